The highest BCUT2D eigenvalue weighted by atomic mass is 35.5. The minimum absolute atomic E-state index is 0.135. The van der Waals surface area contributed by atoms with Crippen LogP contribution in [0.25, 0.3) is 0 Å². The zero-order chi connectivity index (χ0) is 25.7. The number of halogens is 1. The van der Waals surface area contributed by atoms with Gasteiger partial charge in [0.15, 0.2) is 5.16 Å². The van der Waals surface area contributed by atoms with Gasteiger partial charge in [-0.2, -0.15) is 4.98 Å². The molecule has 0 N–H and O–H groups in total. The Labute approximate surface area is 229 Å². The van der Waals surface area contributed by atoms with Crippen molar-refractivity contribution in [1.29, 1.82) is 0 Å². The first kappa shape index (κ1) is 27.2. The van der Waals surface area contributed by atoms with Crippen LogP contribution in [0.2, 0.25) is 5.02 Å². The Hall–Kier alpha value is -2.89. The van der Waals surface area contributed by atoms with E-state index in [4.69, 9.17) is 11.6 Å². The highest BCUT2D eigenvalue weighted by Crippen LogP contribution is 2.20. The summed E-state index contributed by atoms with van der Waals surface area (Å²) in [7, 11) is 0. The molecule has 0 saturated carbocycles. The van der Waals surface area contributed by atoms with Gasteiger partial charge in [0.25, 0.3) is 5.56 Å². The molecule has 0 unspecified atom stereocenters. The topological polar surface area (TPSA) is 47.8 Å². The quantitative estimate of drug-likeness (QED) is 0.0954. The minimum Gasteiger partial charge on any atom is -0.321 e. The first-order valence-corrected chi connectivity index (χ1v) is 14.5. The maximum Gasteiger partial charge on any atom is 0.277 e. The van der Waals surface area contributed by atoms with E-state index >= 15 is 0 Å². The number of pyridine rings is 1. The molecule has 2 aromatic carbocycles. The van der Waals surface area contributed by atoms with Gasteiger partial charge < -0.3 is 4.57 Å². The molecule has 0 saturated heterocycles. The fraction of sp³-hybridized carbons (Fsp3) is 0.323. The third-order valence-corrected chi connectivity index (χ3v) is 7.66. The van der Waals surface area contributed by atoms with Crippen molar-refractivity contribution in [3.05, 3.63) is 123 Å². The summed E-state index contributed by atoms with van der Waals surface area (Å²) >= 11 is 7.63. The Morgan fingerprint density at radius 2 is 1.51 bits per heavy atom. The maximum absolute atomic E-state index is 12.8. The lowest BCUT2D eigenvalue weighted by Gasteiger charge is -2.14. The van der Waals surface area contributed by atoms with Crippen molar-refractivity contribution in [2.75, 3.05) is 5.75 Å². The molecule has 4 aromatic rings. The van der Waals surface area contributed by atoms with E-state index in [1.165, 1.54) is 37.7 Å². The van der Waals surface area contributed by atoms with Gasteiger partial charge in [-0.3, -0.25) is 9.78 Å². The highest BCUT2D eigenvalue weighted by Gasteiger charge is 2.11. The van der Waals surface area contributed by atoms with Crippen molar-refractivity contribution >= 4 is 23.4 Å². The average Bonchev–Trinajstić information content (AvgIpc) is 2.92. The van der Waals surface area contributed by atoms with Crippen LogP contribution in [-0.4, -0.2) is 20.3 Å². The van der Waals surface area contributed by atoms with Gasteiger partial charge >= 0.3 is 0 Å². The molecule has 0 bridgehead atoms. The van der Waals surface area contributed by atoms with Gasteiger partial charge in [0.1, 0.15) is 0 Å². The van der Waals surface area contributed by atoms with Gasteiger partial charge in [-0.15, -0.1) is 0 Å². The molecule has 0 aliphatic rings. The van der Waals surface area contributed by atoms with Crippen LogP contribution < -0.4 is 5.56 Å². The molecule has 0 spiro atoms. The summed E-state index contributed by atoms with van der Waals surface area (Å²) < 4.78 is 2.09. The van der Waals surface area contributed by atoms with E-state index in [1.54, 1.807) is 18.0 Å². The first-order valence-electron chi connectivity index (χ1n) is 13.1. The summed E-state index contributed by atoms with van der Waals surface area (Å²) in [6, 6.07) is 24.2. The zero-order valence-corrected chi connectivity index (χ0v) is 22.8. The Bertz CT molecular complexity index is 1280. The molecular formula is C31H34ClN3OS. The molecule has 0 amide bonds. The van der Waals surface area contributed by atoms with Crippen LogP contribution in [0.4, 0.5) is 0 Å². The summed E-state index contributed by atoms with van der Waals surface area (Å²) in [5.74, 6) is 0.956. The lowest BCUT2D eigenvalue weighted by molar-refractivity contribution is 0.608. The molecule has 0 fully saturated rings. The van der Waals surface area contributed by atoms with Crippen molar-refractivity contribution in [2.24, 2.45) is 0 Å². The average molecular weight is 532 g/mol. The molecule has 0 aliphatic heterocycles. The number of nitrogens with zero attached hydrogens (tertiary/aromatic N) is 3. The monoisotopic (exact) mass is 531 g/mol. The lowest BCUT2D eigenvalue weighted by Crippen LogP contribution is -2.20. The number of aryl methyl sites for hydroxylation is 1. The molecule has 4 rings (SSSR count). The van der Waals surface area contributed by atoms with Crippen molar-refractivity contribution in [2.45, 2.75) is 63.1 Å². The Kier molecular flexibility index (Phi) is 10.8. The summed E-state index contributed by atoms with van der Waals surface area (Å²) in [4.78, 5) is 21.8. The third-order valence-electron chi connectivity index (χ3n) is 6.33. The molecule has 6 heteroatoms. The van der Waals surface area contributed by atoms with Crippen LogP contribution in [-0.2, 0) is 19.4 Å². The molecule has 2 aromatic heterocycles. The number of benzene rings is 2. The van der Waals surface area contributed by atoms with Gasteiger partial charge in [-0.1, -0.05) is 97.6 Å². The predicted octanol–water partition coefficient (Wildman–Crippen LogP) is 7.61. The smallest absolute Gasteiger partial charge is 0.277 e. The molecule has 0 atom stereocenters. The number of aromatic nitrogens is 3. The number of rotatable bonds is 14. The van der Waals surface area contributed by atoms with Crippen molar-refractivity contribution < 1.29 is 0 Å². The van der Waals surface area contributed by atoms with Crippen LogP contribution in [0.5, 0.6) is 0 Å². The second-order valence-electron chi connectivity index (χ2n) is 9.31. The maximum atomic E-state index is 12.8. The van der Waals surface area contributed by atoms with E-state index in [2.05, 4.69) is 26.7 Å². The molecule has 0 aliphatic carbocycles. The molecule has 192 valence electrons. The van der Waals surface area contributed by atoms with E-state index in [9.17, 15) is 4.79 Å². The summed E-state index contributed by atoms with van der Waals surface area (Å²) in [6.45, 7) is 0.603. The summed E-state index contributed by atoms with van der Waals surface area (Å²) in [6.07, 6.45) is 12.8. The minimum atomic E-state index is -0.135. The Morgan fingerprint density at radius 3 is 2.27 bits per heavy atom. The largest absolute Gasteiger partial charge is 0.321 e. The van der Waals surface area contributed by atoms with Gasteiger partial charge in [0, 0.05) is 35.2 Å². The standard InChI is InChI=1S/C31H34ClN3OS/c32-28-18-16-25(17-19-28)12-6-3-1-2-4-11-21-37-31-34-30(36)27(22-26-13-7-5-8-14-26)23-35(31)24-29-15-9-10-20-33-29/h5,7-10,13-20,23H,1-4,6,11-12,21-22,24H2. The van der Waals surface area contributed by atoms with Gasteiger partial charge in [0.05, 0.1) is 12.2 Å². The normalized spacial score (nSPS) is 11.1. The summed E-state index contributed by atoms with van der Waals surface area (Å²) in [5.41, 5.74) is 4.01. The van der Waals surface area contributed by atoms with Crippen LogP contribution in [0.15, 0.2) is 95.1 Å². The number of unbranched alkanes of at least 4 members (excludes halogenated alkanes) is 5. The van der Waals surface area contributed by atoms with E-state index in [0.717, 1.165) is 40.0 Å². The van der Waals surface area contributed by atoms with Gasteiger partial charge in [-0.25, -0.2) is 0 Å². The number of hydrogen-bond acceptors (Lipinski definition) is 4. The molecule has 0 radical (unpaired) electrons. The lowest BCUT2D eigenvalue weighted by atomic mass is 10.1. The molecule has 2 heterocycles. The fourth-order valence-electron chi connectivity index (χ4n) is 4.31. The van der Waals surface area contributed by atoms with Crippen LogP contribution in [0.1, 0.15) is 60.9 Å². The van der Waals surface area contributed by atoms with Crippen molar-refractivity contribution in [3.8, 4) is 0 Å². The van der Waals surface area contributed by atoms with Gasteiger partial charge in [0.2, 0.25) is 0 Å². The predicted molar refractivity (Wildman–Crippen MR) is 155 cm³/mol. The highest BCUT2D eigenvalue weighted by molar-refractivity contribution is 7.99. The van der Waals surface area contributed by atoms with E-state index < -0.39 is 0 Å². The molecular weight excluding hydrogens is 498 g/mol. The Morgan fingerprint density at radius 1 is 0.784 bits per heavy atom. The van der Waals surface area contributed by atoms with Crippen LogP contribution >= 0.6 is 23.4 Å². The Balaban J connectivity index is 1.26. The third kappa shape index (κ3) is 9.17. The summed E-state index contributed by atoms with van der Waals surface area (Å²) in [5, 5.41) is 1.57. The number of thioether (sulfide) groups is 1. The number of hydrogen-bond donors (Lipinski definition) is 0. The van der Waals surface area contributed by atoms with E-state index in [1.807, 2.05) is 66.9 Å². The first-order chi connectivity index (χ1) is 18.2. The molecule has 37 heavy (non-hydrogen) atoms. The van der Waals surface area contributed by atoms with Crippen LogP contribution in [0, 0.1) is 0 Å². The second kappa shape index (κ2) is 14.7. The van der Waals surface area contributed by atoms with Crippen molar-refractivity contribution in [3.63, 3.8) is 0 Å². The zero-order valence-electron chi connectivity index (χ0n) is 21.2. The van der Waals surface area contributed by atoms with E-state index in [0.29, 0.717) is 18.5 Å². The molecule has 4 nitrogen and oxygen atoms in total. The second-order valence-corrected chi connectivity index (χ2v) is 10.8. The van der Waals surface area contributed by atoms with Gasteiger partial charge in [-0.05, 0) is 54.7 Å². The SMILES string of the molecule is O=c1nc(SCCCCCCCCc2ccc(Cl)cc2)n(Cc2ccccn2)cc1Cc1ccccc1. The fourth-order valence-corrected chi connectivity index (χ4v) is 5.39. The van der Waals surface area contributed by atoms with Crippen molar-refractivity contribution in [1.82, 2.24) is 14.5 Å². The van der Waals surface area contributed by atoms with E-state index in [-0.39, 0.29) is 5.56 Å². The van der Waals surface area contributed by atoms with Crippen LogP contribution in [0.3, 0.4) is 0 Å².